The fraction of sp³-hybridized carbons (Fsp3) is 0.476. The second-order valence-corrected chi connectivity index (χ2v) is 7.03. The van der Waals surface area contributed by atoms with Crippen LogP contribution in [0.5, 0.6) is 0 Å². The van der Waals surface area contributed by atoms with Crippen LogP contribution in [0.2, 0.25) is 0 Å². The maximum atomic E-state index is 4.75. The maximum absolute atomic E-state index is 4.75. The molecule has 1 aromatic carbocycles. The first-order valence-electron chi connectivity index (χ1n) is 8.93. The molecule has 23 heavy (non-hydrogen) atoms. The largest absolute Gasteiger partial charge is 0.304 e. The summed E-state index contributed by atoms with van der Waals surface area (Å²) in [5.41, 5.74) is 3.87. The molecule has 1 saturated heterocycles. The molecular formula is C21H28N2. The smallest absolute Gasteiger partial charge is 0.0711 e. The number of benzene rings is 1. The van der Waals surface area contributed by atoms with Gasteiger partial charge in [0.2, 0.25) is 0 Å². The van der Waals surface area contributed by atoms with Gasteiger partial charge in [-0.25, -0.2) is 0 Å². The van der Waals surface area contributed by atoms with Crippen LogP contribution in [-0.2, 0) is 6.42 Å². The Morgan fingerprint density at radius 3 is 2.57 bits per heavy atom. The quantitative estimate of drug-likeness (QED) is 0.796. The topological polar surface area (TPSA) is 16.1 Å². The predicted molar refractivity (Wildman–Crippen MR) is 99.6 cm³/mol. The second kappa shape index (κ2) is 6.84. The molecule has 2 heteroatoms. The Kier molecular flexibility index (Phi) is 4.82. The number of likely N-dealkylation sites (tertiary alicyclic amines) is 1. The lowest BCUT2D eigenvalue weighted by Crippen LogP contribution is -2.37. The van der Waals surface area contributed by atoms with Crippen molar-refractivity contribution >= 4 is 17.0 Å². The molecule has 2 nitrogen and oxygen atoms in total. The van der Waals surface area contributed by atoms with Crippen molar-refractivity contribution in [1.29, 1.82) is 0 Å². The van der Waals surface area contributed by atoms with Gasteiger partial charge in [-0.1, -0.05) is 51.1 Å². The number of hydrogen-bond donors (Lipinski definition) is 0. The number of pyridine rings is 1. The summed E-state index contributed by atoms with van der Waals surface area (Å²) >= 11 is 0. The Morgan fingerprint density at radius 1 is 1.13 bits per heavy atom. The van der Waals surface area contributed by atoms with Crippen LogP contribution in [0.1, 0.15) is 44.9 Å². The van der Waals surface area contributed by atoms with E-state index in [1.165, 1.54) is 43.4 Å². The summed E-state index contributed by atoms with van der Waals surface area (Å²) in [4.78, 5) is 7.29. The van der Waals surface area contributed by atoms with E-state index in [9.17, 15) is 0 Å². The molecule has 1 fully saturated rings. The lowest BCUT2D eigenvalue weighted by Gasteiger charge is -2.37. The van der Waals surface area contributed by atoms with Crippen LogP contribution in [0.25, 0.3) is 17.0 Å². The Bertz CT molecular complexity index is 694. The van der Waals surface area contributed by atoms with E-state index in [2.05, 4.69) is 68.2 Å². The molecule has 122 valence electrons. The average Bonchev–Trinajstić information content (AvgIpc) is 2.60. The minimum Gasteiger partial charge on any atom is -0.304 e. The minimum absolute atomic E-state index is 0.333. The van der Waals surface area contributed by atoms with E-state index in [4.69, 9.17) is 4.98 Å². The van der Waals surface area contributed by atoms with Gasteiger partial charge in [0.1, 0.15) is 0 Å². The maximum Gasteiger partial charge on any atom is 0.0711 e. The molecule has 3 rings (SSSR count). The highest BCUT2D eigenvalue weighted by Gasteiger charge is 2.26. The van der Waals surface area contributed by atoms with E-state index in [1.807, 2.05) is 0 Å². The third-order valence-electron chi connectivity index (χ3n) is 5.26. The van der Waals surface area contributed by atoms with Gasteiger partial charge >= 0.3 is 0 Å². The molecule has 2 aromatic rings. The van der Waals surface area contributed by atoms with Crippen molar-refractivity contribution in [2.24, 2.45) is 5.41 Å². The minimum atomic E-state index is 0.333. The summed E-state index contributed by atoms with van der Waals surface area (Å²) in [6.07, 6.45) is 8.21. The van der Waals surface area contributed by atoms with Crippen LogP contribution in [0.4, 0.5) is 0 Å². The number of allylic oxidation sites excluding steroid dienone is 1. The van der Waals surface area contributed by atoms with Gasteiger partial charge in [0.15, 0.2) is 0 Å². The predicted octanol–water partition coefficient (Wildman–Crippen LogP) is 4.93. The highest BCUT2D eigenvalue weighted by molar-refractivity contribution is 5.81. The van der Waals surface area contributed by atoms with Crippen molar-refractivity contribution in [1.82, 2.24) is 9.88 Å². The second-order valence-electron chi connectivity index (χ2n) is 7.03. The van der Waals surface area contributed by atoms with Crippen molar-refractivity contribution < 1.29 is 0 Å². The SMILES string of the molecule is CCc1ccc2ccc(/C=C/C3(C)CCN(CC)CC3)cc2n1. The molecule has 0 spiro atoms. The number of piperidine rings is 1. The van der Waals surface area contributed by atoms with Gasteiger partial charge in [0.25, 0.3) is 0 Å². The summed E-state index contributed by atoms with van der Waals surface area (Å²) in [6, 6.07) is 10.9. The van der Waals surface area contributed by atoms with E-state index >= 15 is 0 Å². The van der Waals surface area contributed by atoms with Gasteiger partial charge in [0.05, 0.1) is 5.52 Å². The number of nitrogens with zero attached hydrogens (tertiary/aromatic N) is 2. The van der Waals surface area contributed by atoms with Gasteiger partial charge in [-0.2, -0.15) is 0 Å². The summed E-state index contributed by atoms with van der Waals surface area (Å²) < 4.78 is 0. The third-order valence-corrected chi connectivity index (χ3v) is 5.26. The Hall–Kier alpha value is -1.67. The van der Waals surface area contributed by atoms with Gasteiger partial charge in [-0.05, 0) is 62.0 Å². The van der Waals surface area contributed by atoms with Crippen molar-refractivity contribution in [3.63, 3.8) is 0 Å². The van der Waals surface area contributed by atoms with Gasteiger partial charge < -0.3 is 4.90 Å². The highest BCUT2D eigenvalue weighted by atomic mass is 15.1. The normalized spacial score (nSPS) is 18.7. The molecule has 0 amide bonds. The molecule has 1 aliphatic rings. The number of fused-ring (bicyclic) bond motifs is 1. The fourth-order valence-electron chi connectivity index (χ4n) is 3.32. The van der Waals surface area contributed by atoms with Crippen LogP contribution in [0.3, 0.4) is 0 Å². The zero-order valence-corrected chi connectivity index (χ0v) is 14.7. The first-order chi connectivity index (χ1) is 11.1. The van der Waals surface area contributed by atoms with E-state index < -0.39 is 0 Å². The molecule has 0 bridgehead atoms. The molecule has 2 heterocycles. The average molecular weight is 308 g/mol. The lowest BCUT2D eigenvalue weighted by atomic mass is 9.80. The lowest BCUT2D eigenvalue weighted by molar-refractivity contribution is 0.159. The molecule has 0 aliphatic carbocycles. The van der Waals surface area contributed by atoms with Crippen molar-refractivity contribution in [2.75, 3.05) is 19.6 Å². The molecule has 1 aliphatic heterocycles. The highest BCUT2D eigenvalue weighted by Crippen LogP contribution is 2.33. The molecule has 0 saturated carbocycles. The van der Waals surface area contributed by atoms with Crippen molar-refractivity contribution in [3.05, 3.63) is 47.7 Å². The van der Waals surface area contributed by atoms with E-state index in [0.29, 0.717) is 5.41 Å². The molecular weight excluding hydrogens is 280 g/mol. The first-order valence-corrected chi connectivity index (χ1v) is 8.93. The van der Waals surface area contributed by atoms with Gasteiger partial charge in [0, 0.05) is 11.1 Å². The zero-order valence-electron chi connectivity index (χ0n) is 14.7. The summed E-state index contributed by atoms with van der Waals surface area (Å²) in [7, 11) is 0. The Labute approximate surface area is 140 Å². The van der Waals surface area contributed by atoms with Gasteiger partial charge in [-0.3, -0.25) is 4.98 Å². The van der Waals surface area contributed by atoms with Crippen LogP contribution in [-0.4, -0.2) is 29.5 Å². The summed E-state index contributed by atoms with van der Waals surface area (Å²) in [6.45, 7) is 10.4. The molecule has 1 aromatic heterocycles. The number of hydrogen-bond acceptors (Lipinski definition) is 2. The first kappa shape index (κ1) is 16.2. The molecule has 0 radical (unpaired) electrons. The van der Waals surface area contributed by atoms with Crippen LogP contribution >= 0.6 is 0 Å². The van der Waals surface area contributed by atoms with Crippen molar-refractivity contribution in [2.45, 2.75) is 40.0 Å². The summed E-state index contributed by atoms with van der Waals surface area (Å²) in [5, 5.41) is 1.22. The molecule has 0 unspecified atom stereocenters. The Morgan fingerprint density at radius 2 is 1.87 bits per heavy atom. The number of rotatable bonds is 4. The number of aromatic nitrogens is 1. The fourth-order valence-corrected chi connectivity index (χ4v) is 3.32. The van der Waals surface area contributed by atoms with Crippen LogP contribution < -0.4 is 0 Å². The van der Waals surface area contributed by atoms with Crippen molar-refractivity contribution in [3.8, 4) is 0 Å². The monoisotopic (exact) mass is 308 g/mol. The number of aryl methyl sites for hydroxylation is 1. The Balaban J connectivity index is 1.78. The van der Waals surface area contributed by atoms with E-state index in [0.717, 1.165) is 17.6 Å². The third kappa shape index (κ3) is 3.81. The van der Waals surface area contributed by atoms with E-state index in [1.54, 1.807) is 0 Å². The zero-order chi connectivity index (χ0) is 16.3. The van der Waals surface area contributed by atoms with Gasteiger partial charge in [-0.15, -0.1) is 0 Å². The van der Waals surface area contributed by atoms with Crippen LogP contribution in [0, 0.1) is 5.41 Å². The summed E-state index contributed by atoms with van der Waals surface area (Å²) in [5.74, 6) is 0. The molecule has 0 atom stereocenters. The van der Waals surface area contributed by atoms with E-state index in [-0.39, 0.29) is 0 Å². The molecule has 0 N–H and O–H groups in total. The standard InChI is InChI=1S/C21H28N2/c1-4-19-9-8-18-7-6-17(16-20(18)22-19)10-11-21(3)12-14-23(5-2)15-13-21/h6-11,16H,4-5,12-15H2,1-3H3/b11-10+. The van der Waals surface area contributed by atoms with Crippen LogP contribution in [0.15, 0.2) is 36.4 Å².